The lowest BCUT2D eigenvalue weighted by atomic mass is 9.79. The summed E-state index contributed by atoms with van der Waals surface area (Å²) in [4.78, 5) is 4.50. The Hall–Kier alpha value is -0.490. The second-order valence-electron chi connectivity index (χ2n) is 5.40. The molecule has 1 aliphatic heterocycles. The van der Waals surface area contributed by atoms with Gasteiger partial charge in [-0.05, 0) is 47.8 Å². The Morgan fingerprint density at radius 3 is 2.37 bits per heavy atom. The standard InChI is InChI=1S/C14H18BrNO3/c1-10-11(15)2-3-12(16-10)13(17)4-6-14(7-5-13)18-8-9-19-14/h2-3,17H,4-9H2,1H3. The number of hydrogen-bond acceptors (Lipinski definition) is 4. The summed E-state index contributed by atoms with van der Waals surface area (Å²) >= 11 is 3.44. The second-order valence-corrected chi connectivity index (χ2v) is 6.26. The van der Waals surface area contributed by atoms with Gasteiger partial charge in [0, 0.05) is 17.3 Å². The lowest BCUT2D eigenvalue weighted by Crippen LogP contribution is -2.42. The summed E-state index contributed by atoms with van der Waals surface area (Å²) in [5.41, 5.74) is 0.798. The van der Waals surface area contributed by atoms with Crippen molar-refractivity contribution in [1.82, 2.24) is 4.98 Å². The molecule has 0 unspecified atom stereocenters. The van der Waals surface area contributed by atoms with Gasteiger partial charge in [-0.1, -0.05) is 0 Å². The van der Waals surface area contributed by atoms with Gasteiger partial charge in [0.05, 0.1) is 24.6 Å². The minimum atomic E-state index is -0.855. The summed E-state index contributed by atoms with van der Waals surface area (Å²) in [7, 11) is 0. The average Bonchev–Trinajstić information content (AvgIpc) is 2.86. The monoisotopic (exact) mass is 327 g/mol. The van der Waals surface area contributed by atoms with E-state index in [1.54, 1.807) is 0 Å². The fourth-order valence-corrected chi connectivity index (χ4v) is 3.11. The summed E-state index contributed by atoms with van der Waals surface area (Å²) in [6.45, 7) is 3.26. The van der Waals surface area contributed by atoms with E-state index in [-0.39, 0.29) is 0 Å². The molecule has 0 atom stereocenters. The van der Waals surface area contributed by atoms with Gasteiger partial charge >= 0.3 is 0 Å². The summed E-state index contributed by atoms with van der Waals surface area (Å²) < 4.78 is 12.4. The molecule has 19 heavy (non-hydrogen) atoms. The zero-order valence-corrected chi connectivity index (χ0v) is 12.6. The van der Waals surface area contributed by atoms with E-state index < -0.39 is 11.4 Å². The molecule has 1 N–H and O–H groups in total. The van der Waals surface area contributed by atoms with Gasteiger partial charge in [0.2, 0.25) is 0 Å². The Kier molecular flexibility index (Phi) is 3.41. The fraction of sp³-hybridized carbons (Fsp3) is 0.643. The normalized spacial score (nSPS) is 24.8. The summed E-state index contributed by atoms with van der Waals surface area (Å²) in [6.07, 6.45) is 2.70. The van der Waals surface area contributed by atoms with Gasteiger partial charge in [-0.25, -0.2) is 0 Å². The van der Waals surface area contributed by atoms with Crippen LogP contribution in [-0.2, 0) is 15.1 Å². The van der Waals surface area contributed by atoms with E-state index in [4.69, 9.17) is 9.47 Å². The van der Waals surface area contributed by atoms with Crippen LogP contribution in [0.1, 0.15) is 37.1 Å². The van der Waals surface area contributed by atoms with Crippen LogP contribution < -0.4 is 0 Å². The van der Waals surface area contributed by atoms with Gasteiger partial charge in [0.15, 0.2) is 5.79 Å². The van der Waals surface area contributed by atoms with Crippen molar-refractivity contribution in [2.75, 3.05) is 13.2 Å². The Labute approximate surface area is 121 Å². The topological polar surface area (TPSA) is 51.6 Å². The third kappa shape index (κ3) is 2.44. The van der Waals surface area contributed by atoms with Crippen LogP contribution in [0.5, 0.6) is 0 Å². The van der Waals surface area contributed by atoms with E-state index in [9.17, 15) is 5.11 Å². The predicted molar refractivity (Wildman–Crippen MR) is 73.7 cm³/mol. The first-order chi connectivity index (χ1) is 9.03. The van der Waals surface area contributed by atoms with Gasteiger partial charge in [-0.15, -0.1) is 0 Å². The average molecular weight is 328 g/mol. The van der Waals surface area contributed by atoms with Crippen molar-refractivity contribution >= 4 is 15.9 Å². The molecule has 0 amide bonds. The van der Waals surface area contributed by atoms with Crippen molar-refractivity contribution in [3.63, 3.8) is 0 Å². The van der Waals surface area contributed by atoms with E-state index in [1.165, 1.54) is 0 Å². The number of aromatic nitrogens is 1. The molecule has 1 saturated heterocycles. The molecule has 1 aromatic rings. The lowest BCUT2D eigenvalue weighted by Gasteiger charge is -2.40. The molecule has 104 valence electrons. The quantitative estimate of drug-likeness (QED) is 0.861. The van der Waals surface area contributed by atoms with Crippen LogP contribution in [0.25, 0.3) is 0 Å². The van der Waals surface area contributed by atoms with Crippen molar-refractivity contribution in [3.8, 4) is 0 Å². The number of pyridine rings is 1. The maximum absolute atomic E-state index is 10.8. The van der Waals surface area contributed by atoms with Gasteiger partial charge in [0.1, 0.15) is 5.60 Å². The van der Waals surface area contributed by atoms with Gasteiger partial charge in [-0.3, -0.25) is 4.98 Å². The molecule has 2 aliphatic rings. The number of aryl methyl sites for hydroxylation is 1. The van der Waals surface area contributed by atoms with Gasteiger partial charge < -0.3 is 14.6 Å². The number of ether oxygens (including phenoxy) is 2. The smallest absolute Gasteiger partial charge is 0.168 e. The molecule has 2 heterocycles. The molecule has 1 spiro atoms. The molecule has 0 bridgehead atoms. The first kappa shape index (κ1) is 13.5. The molecule has 1 saturated carbocycles. The number of nitrogens with zero attached hydrogens (tertiary/aromatic N) is 1. The Morgan fingerprint density at radius 1 is 1.16 bits per heavy atom. The number of rotatable bonds is 1. The molecular formula is C14H18BrNO3. The maximum Gasteiger partial charge on any atom is 0.168 e. The maximum atomic E-state index is 10.8. The van der Waals surface area contributed by atoms with Crippen molar-refractivity contribution in [3.05, 3.63) is 28.0 Å². The van der Waals surface area contributed by atoms with Crippen molar-refractivity contribution in [1.29, 1.82) is 0 Å². The van der Waals surface area contributed by atoms with Gasteiger partial charge in [0.25, 0.3) is 0 Å². The third-order valence-electron chi connectivity index (χ3n) is 4.15. The lowest BCUT2D eigenvalue weighted by molar-refractivity contribution is -0.204. The molecule has 4 nitrogen and oxygen atoms in total. The zero-order chi connectivity index (χ0) is 13.5. The van der Waals surface area contributed by atoms with Crippen LogP contribution in [0.15, 0.2) is 16.6 Å². The number of halogens is 1. The highest BCUT2D eigenvalue weighted by Gasteiger charge is 2.46. The van der Waals surface area contributed by atoms with Gasteiger partial charge in [-0.2, -0.15) is 0 Å². The highest BCUT2D eigenvalue weighted by Crippen LogP contribution is 2.44. The molecule has 0 aromatic carbocycles. The second kappa shape index (κ2) is 4.81. The molecule has 1 aromatic heterocycles. The molecule has 3 rings (SSSR count). The molecular weight excluding hydrogens is 310 g/mol. The van der Waals surface area contributed by atoms with Crippen LogP contribution in [0.4, 0.5) is 0 Å². The minimum Gasteiger partial charge on any atom is -0.384 e. The van der Waals surface area contributed by atoms with E-state index in [2.05, 4.69) is 20.9 Å². The van der Waals surface area contributed by atoms with Crippen molar-refractivity contribution in [2.45, 2.75) is 44.0 Å². The van der Waals surface area contributed by atoms with Crippen molar-refractivity contribution < 1.29 is 14.6 Å². The number of hydrogen-bond donors (Lipinski definition) is 1. The van der Waals surface area contributed by atoms with E-state index in [0.717, 1.165) is 28.7 Å². The molecule has 5 heteroatoms. The van der Waals surface area contributed by atoms with E-state index in [0.29, 0.717) is 26.1 Å². The molecule has 2 fully saturated rings. The largest absolute Gasteiger partial charge is 0.384 e. The third-order valence-corrected chi connectivity index (χ3v) is 4.99. The minimum absolute atomic E-state index is 0.448. The highest BCUT2D eigenvalue weighted by atomic mass is 79.9. The zero-order valence-electron chi connectivity index (χ0n) is 11.0. The first-order valence-electron chi connectivity index (χ1n) is 6.67. The van der Waals surface area contributed by atoms with Crippen LogP contribution in [0.2, 0.25) is 0 Å². The summed E-state index contributed by atoms with van der Waals surface area (Å²) in [6, 6.07) is 3.84. The van der Waals surface area contributed by atoms with Crippen LogP contribution in [0.3, 0.4) is 0 Å². The van der Waals surface area contributed by atoms with Crippen LogP contribution in [-0.4, -0.2) is 29.1 Å². The first-order valence-corrected chi connectivity index (χ1v) is 7.46. The summed E-state index contributed by atoms with van der Waals surface area (Å²) in [5.74, 6) is -0.448. The van der Waals surface area contributed by atoms with Crippen molar-refractivity contribution in [2.24, 2.45) is 0 Å². The van der Waals surface area contributed by atoms with E-state index in [1.807, 2.05) is 19.1 Å². The highest BCUT2D eigenvalue weighted by molar-refractivity contribution is 9.10. The number of aliphatic hydroxyl groups is 1. The Morgan fingerprint density at radius 2 is 1.79 bits per heavy atom. The van der Waals surface area contributed by atoms with Crippen LogP contribution >= 0.6 is 15.9 Å². The summed E-state index contributed by atoms with van der Waals surface area (Å²) in [5, 5.41) is 10.8. The van der Waals surface area contributed by atoms with Crippen LogP contribution in [0, 0.1) is 6.92 Å². The predicted octanol–water partition coefficient (Wildman–Crippen LogP) is 2.66. The van der Waals surface area contributed by atoms with E-state index >= 15 is 0 Å². The SMILES string of the molecule is Cc1nc(C2(O)CCC3(CC2)OCCO3)ccc1Br. The fourth-order valence-electron chi connectivity index (χ4n) is 2.89. The molecule has 0 radical (unpaired) electrons. The Bertz CT molecular complexity index is 476. The molecule has 1 aliphatic carbocycles. The Balaban J connectivity index is 1.79.